The van der Waals surface area contributed by atoms with Crippen LogP contribution < -0.4 is 0 Å². The summed E-state index contributed by atoms with van der Waals surface area (Å²) < 4.78 is 0.942. The first-order valence-corrected chi connectivity index (χ1v) is 11.5. The Morgan fingerprint density at radius 3 is 2.77 bits per heavy atom. The molecule has 0 aliphatic carbocycles. The molecule has 26 heavy (non-hydrogen) atoms. The minimum atomic E-state index is 0.0624. The molecule has 2 fully saturated rings. The van der Waals surface area contributed by atoms with E-state index in [-0.39, 0.29) is 12.5 Å². The standard InChI is InChI=1S/C18H30N4O2S2/c1-20-7-9-21(10-8-20)16-5-6-22(12-14(16)4-3-11-23)17(24)15-13-26-18(19-15)25-2/h13-14,16,23H,3-12H2,1-2H3/t14-,16+/m1/s1. The van der Waals surface area contributed by atoms with Gasteiger partial charge in [0.25, 0.3) is 5.91 Å². The summed E-state index contributed by atoms with van der Waals surface area (Å²) in [6.07, 6.45) is 4.79. The molecule has 0 radical (unpaired) electrons. The zero-order valence-corrected chi connectivity index (χ0v) is 17.4. The third-order valence-electron chi connectivity index (χ3n) is 5.60. The van der Waals surface area contributed by atoms with Gasteiger partial charge in [-0.25, -0.2) is 4.98 Å². The van der Waals surface area contributed by atoms with Gasteiger partial charge in [-0.2, -0.15) is 0 Å². The molecular formula is C18H30N4O2S2. The monoisotopic (exact) mass is 398 g/mol. The zero-order valence-electron chi connectivity index (χ0n) is 15.8. The number of carbonyl (C=O) groups is 1. The van der Waals surface area contributed by atoms with E-state index in [0.29, 0.717) is 17.7 Å². The lowest BCUT2D eigenvalue weighted by atomic mass is 9.86. The van der Waals surface area contributed by atoms with Crippen molar-refractivity contribution in [1.29, 1.82) is 0 Å². The lowest BCUT2D eigenvalue weighted by Gasteiger charge is -2.46. The Hall–Kier alpha value is -0.670. The largest absolute Gasteiger partial charge is 0.396 e. The second kappa shape index (κ2) is 9.50. The Morgan fingerprint density at radius 1 is 1.35 bits per heavy atom. The number of thiazole rings is 1. The number of piperidine rings is 1. The number of aliphatic hydroxyl groups excluding tert-OH is 1. The first kappa shape index (κ1) is 20.1. The number of rotatable bonds is 6. The highest BCUT2D eigenvalue weighted by Crippen LogP contribution is 2.29. The Kier molecular flexibility index (Phi) is 7.34. The van der Waals surface area contributed by atoms with Crippen molar-refractivity contribution in [3.63, 3.8) is 0 Å². The van der Waals surface area contributed by atoms with Crippen molar-refractivity contribution in [3.8, 4) is 0 Å². The summed E-state index contributed by atoms with van der Waals surface area (Å²) in [5.41, 5.74) is 0.582. The maximum Gasteiger partial charge on any atom is 0.273 e. The summed E-state index contributed by atoms with van der Waals surface area (Å²) in [5.74, 6) is 0.495. The smallest absolute Gasteiger partial charge is 0.273 e. The molecule has 0 spiro atoms. The molecule has 3 rings (SSSR count). The number of hydrogen-bond donors (Lipinski definition) is 1. The molecule has 0 saturated carbocycles. The number of aromatic nitrogens is 1. The van der Waals surface area contributed by atoms with E-state index in [1.54, 1.807) is 11.8 Å². The van der Waals surface area contributed by atoms with Gasteiger partial charge in [0, 0.05) is 57.3 Å². The quantitative estimate of drug-likeness (QED) is 0.737. The zero-order chi connectivity index (χ0) is 18.5. The Bertz CT molecular complexity index is 590. The van der Waals surface area contributed by atoms with E-state index in [1.807, 2.05) is 16.5 Å². The summed E-state index contributed by atoms with van der Waals surface area (Å²) in [6, 6.07) is 0.525. The minimum Gasteiger partial charge on any atom is -0.396 e. The van der Waals surface area contributed by atoms with Crippen LogP contribution in [-0.2, 0) is 0 Å². The van der Waals surface area contributed by atoms with E-state index in [4.69, 9.17) is 0 Å². The number of amides is 1. The van der Waals surface area contributed by atoms with E-state index < -0.39 is 0 Å². The maximum absolute atomic E-state index is 12.9. The van der Waals surface area contributed by atoms with Crippen LogP contribution in [0.4, 0.5) is 0 Å². The highest BCUT2D eigenvalue weighted by molar-refractivity contribution is 8.00. The van der Waals surface area contributed by atoms with Crippen molar-refractivity contribution < 1.29 is 9.90 Å². The van der Waals surface area contributed by atoms with Gasteiger partial charge in [-0.05, 0) is 38.5 Å². The molecule has 0 bridgehead atoms. The summed E-state index contributed by atoms with van der Waals surface area (Å²) in [6.45, 7) is 6.24. The molecule has 0 aromatic carbocycles. The lowest BCUT2D eigenvalue weighted by molar-refractivity contribution is 0.0215. The normalized spacial score (nSPS) is 25.6. The molecular weight excluding hydrogens is 368 g/mol. The minimum absolute atomic E-state index is 0.0624. The van der Waals surface area contributed by atoms with Crippen LogP contribution in [0, 0.1) is 5.92 Å². The third kappa shape index (κ3) is 4.78. The molecule has 1 amide bonds. The number of hydrogen-bond acceptors (Lipinski definition) is 7. The number of nitrogens with zero attached hydrogens (tertiary/aromatic N) is 4. The molecule has 2 saturated heterocycles. The Labute approximate surface area is 164 Å². The SMILES string of the molecule is CSc1nc(C(=O)N2CC[C@H](N3CCN(C)CC3)[C@H](CCCO)C2)cs1. The van der Waals surface area contributed by atoms with Gasteiger partial charge in [0.05, 0.1) is 0 Å². The Morgan fingerprint density at radius 2 is 2.12 bits per heavy atom. The van der Waals surface area contributed by atoms with Crippen LogP contribution in [0.15, 0.2) is 9.72 Å². The van der Waals surface area contributed by atoms with Crippen LogP contribution in [0.5, 0.6) is 0 Å². The van der Waals surface area contributed by atoms with Crippen molar-refractivity contribution in [2.75, 3.05) is 59.2 Å². The number of likely N-dealkylation sites (N-methyl/N-ethyl adjacent to an activating group) is 1. The van der Waals surface area contributed by atoms with Crippen molar-refractivity contribution in [1.82, 2.24) is 19.7 Å². The van der Waals surface area contributed by atoms with Crippen LogP contribution >= 0.6 is 23.1 Å². The van der Waals surface area contributed by atoms with Crippen LogP contribution in [0.25, 0.3) is 0 Å². The lowest BCUT2D eigenvalue weighted by Crippen LogP contribution is -2.57. The van der Waals surface area contributed by atoms with Gasteiger partial charge in [0.1, 0.15) is 10.0 Å². The van der Waals surface area contributed by atoms with E-state index in [9.17, 15) is 9.90 Å². The first-order chi connectivity index (χ1) is 12.6. The van der Waals surface area contributed by atoms with Crippen molar-refractivity contribution in [2.24, 2.45) is 5.92 Å². The average Bonchev–Trinajstić information content (AvgIpc) is 3.15. The third-order valence-corrected chi connectivity index (χ3v) is 7.46. The maximum atomic E-state index is 12.9. The second-order valence-corrected chi connectivity index (χ2v) is 9.19. The fourth-order valence-corrected chi connectivity index (χ4v) is 5.32. The number of carbonyl (C=O) groups excluding carboxylic acids is 1. The van der Waals surface area contributed by atoms with Crippen molar-refractivity contribution >= 4 is 29.0 Å². The highest BCUT2D eigenvalue weighted by Gasteiger charge is 2.36. The topological polar surface area (TPSA) is 59.9 Å². The fraction of sp³-hybridized carbons (Fsp3) is 0.778. The predicted octanol–water partition coefficient (Wildman–Crippen LogP) is 1.72. The van der Waals surface area contributed by atoms with Crippen LogP contribution in [0.2, 0.25) is 0 Å². The summed E-state index contributed by atoms with van der Waals surface area (Å²) in [4.78, 5) is 24.3. The molecule has 2 aliphatic rings. The number of aliphatic hydroxyl groups is 1. The molecule has 146 valence electrons. The van der Waals surface area contributed by atoms with Gasteiger partial charge in [-0.3, -0.25) is 9.69 Å². The van der Waals surface area contributed by atoms with Crippen molar-refractivity contribution in [2.45, 2.75) is 29.6 Å². The van der Waals surface area contributed by atoms with Crippen LogP contribution in [0.1, 0.15) is 29.8 Å². The molecule has 8 heteroatoms. The predicted molar refractivity (Wildman–Crippen MR) is 107 cm³/mol. The van der Waals surface area contributed by atoms with E-state index in [1.165, 1.54) is 11.3 Å². The van der Waals surface area contributed by atoms with Gasteiger partial charge in [0.15, 0.2) is 0 Å². The van der Waals surface area contributed by atoms with Crippen molar-refractivity contribution in [3.05, 3.63) is 11.1 Å². The van der Waals surface area contributed by atoms with Crippen LogP contribution in [-0.4, -0.2) is 95.9 Å². The highest BCUT2D eigenvalue weighted by atomic mass is 32.2. The first-order valence-electron chi connectivity index (χ1n) is 9.44. The van der Waals surface area contributed by atoms with Gasteiger partial charge in [-0.1, -0.05) is 11.8 Å². The average molecular weight is 399 g/mol. The molecule has 6 nitrogen and oxygen atoms in total. The summed E-state index contributed by atoms with van der Waals surface area (Å²) in [7, 11) is 2.18. The fourth-order valence-electron chi connectivity index (χ4n) is 4.09. The molecule has 3 heterocycles. The van der Waals surface area contributed by atoms with Gasteiger partial charge in [0.2, 0.25) is 0 Å². The number of thioether (sulfide) groups is 1. The molecule has 1 N–H and O–H groups in total. The molecule has 1 aromatic heterocycles. The van der Waals surface area contributed by atoms with Gasteiger partial charge < -0.3 is 14.9 Å². The summed E-state index contributed by atoms with van der Waals surface area (Å²) in [5, 5.41) is 11.2. The molecule has 2 atom stereocenters. The van der Waals surface area contributed by atoms with E-state index in [2.05, 4.69) is 21.8 Å². The number of piperazine rings is 1. The van der Waals surface area contributed by atoms with E-state index >= 15 is 0 Å². The number of likely N-dealkylation sites (tertiary alicyclic amines) is 1. The Balaban J connectivity index is 1.65. The second-order valence-electron chi connectivity index (χ2n) is 7.28. The molecule has 1 aromatic rings. The van der Waals surface area contributed by atoms with Gasteiger partial charge in [-0.15, -0.1) is 11.3 Å². The van der Waals surface area contributed by atoms with E-state index in [0.717, 1.165) is 62.9 Å². The molecule has 0 unspecified atom stereocenters. The van der Waals surface area contributed by atoms with Gasteiger partial charge >= 0.3 is 0 Å². The van der Waals surface area contributed by atoms with Crippen LogP contribution in [0.3, 0.4) is 0 Å². The molecule has 2 aliphatic heterocycles. The summed E-state index contributed by atoms with van der Waals surface area (Å²) >= 11 is 3.12.